The molecule has 0 amide bonds. The Morgan fingerprint density at radius 3 is 2.83 bits per heavy atom. The third kappa shape index (κ3) is 2.72. The minimum absolute atomic E-state index is 0.232. The predicted octanol–water partition coefficient (Wildman–Crippen LogP) is 2.96. The second-order valence-corrected chi connectivity index (χ2v) is 4.99. The highest BCUT2D eigenvalue weighted by molar-refractivity contribution is 6.28. The van der Waals surface area contributed by atoms with Crippen molar-refractivity contribution in [3.63, 3.8) is 0 Å². The fourth-order valence-electron chi connectivity index (χ4n) is 1.80. The highest BCUT2D eigenvalue weighted by Gasteiger charge is 2.11. The third-order valence-electron chi connectivity index (χ3n) is 2.80. The Kier molecular flexibility index (Phi) is 4.01. The first-order chi connectivity index (χ1) is 8.61. The van der Waals surface area contributed by atoms with Crippen molar-refractivity contribution in [2.75, 3.05) is 11.9 Å². The number of nitrogens with one attached hydrogen (secondary N) is 1. The van der Waals surface area contributed by atoms with Crippen molar-refractivity contribution in [1.82, 2.24) is 19.5 Å². The molecular formula is C12H18ClN5. The Bertz CT molecular complexity index is 534. The number of imidazole rings is 1. The summed E-state index contributed by atoms with van der Waals surface area (Å²) >= 11 is 5.91. The van der Waals surface area contributed by atoms with E-state index in [0.29, 0.717) is 11.6 Å². The molecule has 0 fully saturated rings. The van der Waals surface area contributed by atoms with Crippen LogP contribution >= 0.6 is 11.6 Å². The number of aryl methyl sites for hydroxylation is 1. The van der Waals surface area contributed by atoms with Gasteiger partial charge in [-0.1, -0.05) is 13.8 Å². The van der Waals surface area contributed by atoms with Crippen LogP contribution in [0, 0.1) is 5.92 Å². The lowest BCUT2D eigenvalue weighted by atomic mass is 10.1. The number of fused-ring (bicyclic) bond motifs is 1. The maximum atomic E-state index is 5.91. The van der Waals surface area contributed by atoms with Gasteiger partial charge in [-0.05, 0) is 30.9 Å². The molecule has 5 nitrogen and oxygen atoms in total. The molecule has 18 heavy (non-hydrogen) atoms. The maximum absolute atomic E-state index is 5.91. The van der Waals surface area contributed by atoms with Gasteiger partial charge in [0.05, 0.1) is 6.33 Å². The van der Waals surface area contributed by atoms with E-state index >= 15 is 0 Å². The lowest BCUT2D eigenvalue weighted by Gasteiger charge is -2.10. The van der Waals surface area contributed by atoms with Crippen LogP contribution in [0.3, 0.4) is 0 Å². The Hall–Kier alpha value is -1.36. The van der Waals surface area contributed by atoms with Crippen molar-refractivity contribution in [2.45, 2.75) is 33.7 Å². The van der Waals surface area contributed by atoms with Crippen LogP contribution in [0.25, 0.3) is 11.2 Å². The van der Waals surface area contributed by atoms with Gasteiger partial charge in [0.2, 0.25) is 5.28 Å². The van der Waals surface area contributed by atoms with Crippen LogP contribution in [-0.4, -0.2) is 26.1 Å². The summed E-state index contributed by atoms with van der Waals surface area (Å²) in [7, 11) is 0. The van der Waals surface area contributed by atoms with E-state index in [4.69, 9.17) is 11.6 Å². The zero-order chi connectivity index (χ0) is 13.1. The molecule has 98 valence electrons. The van der Waals surface area contributed by atoms with Gasteiger partial charge in [0.15, 0.2) is 11.5 Å². The summed E-state index contributed by atoms with van der Waals surface area (Å²) in [6.45, 7) is 8.16. The van der Waals surface area contributed by atoms with E-state index in [9.17, 15) is 0 Å². The van der Waals surface area contributed by atoms with Gasteiger partial charge in [-0.2, -0.15) is 9.97 Å². The van der Waals surface area contributed by atoms with Gasteiger partial charge >= 0.3 is 0 Å². The summed E-state index contributed by atoms with van der Waals surface area (Å²) in [6.07, 6.45) is 2.85. The van der Waals surface area contributed by atoms with Crippen molar-refractivity contribution in [1.29, 1.82) is 0 Å². The highest BCUT2D eigenvalue weighted by atomic mass is 35.5. The van der Waals surface area contributed by atoms with E-state index < -0.39 is 0 Å². The van der Waals surface area contributed by atoms with Crippen molar-refractivity contribution in [3.05, 3.63) is 11.6 Å². The van der Waals surface area contributed by atoms with Crippen LogP contribution < -0.4 is 5.32 Å². The topological polar surface area (TPSA) is 55.6 Å². The Balaban J connectivity index is 2.31. The second-order valence-electron chi connectivity index (χ2n) is 4.65. The van der Waals surface area contributed by atoms with Crippen LogP contribution in [0.2, 0.25) is 5.28 Å². The monoisotopic (exact) mass is 267 g/mol. The molecule has 0 aliphatic rings. The molecule has 0 saturated heterocycles. The fourth-order valence-corrected chi connectivity index (χ4v) is 1.96. The van der Waals surface area contributed by atoms with Crippen LogP contribution in [0.15, 0.2) is 6.33 Å². The number of halogens is 1. The number of rotatable bonds is 5. The van der Waals surface area contributed by atoms with Gasteiger partial charge in [-0.25, -0.2) is 4.98 Å². The van der Waals surface area contributed by atoms with Gasteiger partial charge < -0.3 is 9.88 Å². The molecule has 2 rings (SSSR count). The third-order valence-corrected chi connectivity index (χ3v) is 2.97. The number of hydrogen-bond donors (Lipinski definition) is 1. The maximum Gasteiger partial charge on any atom is 0.226 e. The molecule has 2 aromatic rings. The Labute approximate surface area is 112 Å². The minimum atomic E-state index is 0.232. The molecule has 2 heterocycles. The zero-order valence-electron chi connectivity index (χ0n) is 10.9. The first-order valence-electron chi connectivity index (χ1n) is 6.24. The second kappa shape index (κ2) is 5.52. The fraction of sp³-hybridized carbons (Fsp3) is 0.583. The number of hydrogen-bond acceptors (Lipinski definition) is 4. The molecule has 0 aliphatic heterocycles. The van der Waals surface area contributed by atoms with E-state index in [1.807, 2.05) is 4.57 Å². The molecule has 2 aromatic heterocycles. The molecule has 0 aliphatic carbocycles. The first-order valence-corrected chi connectivity index (χ1v) is 6.61. The number of nitrogens with zero attached hydrogens (tertiary/aromatic N) is 4. The van der Waals surface area contributed by atoms with Crippen LogP contribution in [-0.2, 0) is 6.54 Å². The summed E-state index contributed by atoms with van der Waals surface area (Å²) < 4.78 is 2.02. The SMILES string of the molecule is CCn1cnc2nc(Cl)nc(NCCC(C)C)c21. The molecule has 0 saturated carbocycles. The normalized spacial score (nSPS) is 11.4. The molecule has 1 N–H and O–H groups in total. The molecule has 0 atom stereocenters. The summed E-state index contributed by atoms with van der Waals surface area (Å²) in [5, 5.41) is 3.56. The van der Waals surface area contributed by atoms with Gasteiger partial charge in [-0.3, -0.25) is 0 Å². The van der Waals surface area contributed by atoms with Crippen LogP contribution in [0.4, 0.5) is 5.82 Å². The standard InChI is InChI=1S/C12H18ClN5/c1-4-18-7-15-11-9(18)10(16-12(13)17-11)14-6-5-8(2)3/h7-8H,4-6H2,1-3H3,(H,14,16,17). The van der Waals surface area contributed by atoms with Crippen molar-refractivity contribution in [2.24, 2.45) is 5.92 Å². The summed E-state index contributed by atoms with van der Waals surface area (Å²) in [4.78, 5) is 12.6. The van der Waals surface area contributed by atoms with Crippen LogP contribution in [0.5, 0.6) is 0 Å². The van der Waals surface area contributed by atoms with Gasteiger partial charge in [0.1, 0.15) is 5.52 Å². The molecule has 0 radical (unpaired) electrons. The van der Waals surface area contributed by atoms with E-state index in [1.54, 1.807) is 6.33 Å². The van der Waals surface area contributed by atoms with E-state index in [2.05, 4.69) is 41.0 Å². The first kappa shape index (κ1) is 13.1. The van der Waals surface area contributed by atoms with Gasteiger partial charge in [-0.15, -0.1) is 0 Å². The quantitative estimate of drug-likeness (QED) is 0.847. The summed E-state index contributed by atoms with van der Waals surface area (Å²) in [6, 6.07) is 0. The van der Waals surface area contributed by atoms with E-state index in [0.717, 1.165) is 30.8 Å². The average molecular weight is 268 g/mol. The van der Waals surface area contributed by atoms with Crippen molar-refractivity contribution >= 4 is 28.6 Å². The van der Waals surface area contributed by atoms with E-state index in [1.165, 1.54) is 0 Å². The smallest absolute Gasteiger partial charge is 0.226 e. The lowest BCUT2D eigenvalue weighted by Crippen LogP contribution is -2.08. The average Bonchev–Trinajstić information content (AvgIpc) is 2.71. The minimum Gasteiger partial charge on any atom is -0.368 e. The van der Waals surface area contributed by atoms with Crippen molar-refractivity contribution in [3.8, 4) is 0 Å². The number of aromatic nitrogens is 4. The molecule has 0 spiro atoms. The summed E-state index contributed by atoms with van der Waals surface area (Å²) in [5.41, 5.74) is 1.56. The lowest BCUT2D eigenvalue weighted by molar-refractivity contribution is 0.606. The Morgan fingerprint density at radius 2 is 2.17 bits per heavy atom. The number of anilines is 1. The largest absolute Gasteiger partial charge is 0.368 e. The molecule has 0 bridgehead atoms. The van der Waals surface area contributed by atoms with Crippen molar-refractivity contribution < 1.29 is 0 Å². The highest BCUT2D eigenvalue weighted by Crippen LogP contribution is 2.21. The van der Waals surface area contributed by atoms with Crippen LogP contribution in [0.1, 0.15) is 27.2 Å². The summed E-state index contributed by atoms with van der Waals surface area (Å²) in [5.74, 6) is 1.42. The van der Waals surface area contributed by atoms with Gasteiger partial charge in [0, 0.05) is 13.1 Å². The molecular weight excluding hydrogens is 250 g/mol. The van der Waals surface area contributed by atoms with Gasteiger partial charge in [0.25, 0.3) is 0 Å². The predicted molar refractivity (Wildman–Crippen MR) is 74.0 cm³/mol. The molecule has 0 aromatic carbocycles. The molecule has 6 heteroatoms. The van der Waals surface area contributed by atoms with E-state index in [-0.39, 0.29) is 5.28 Å². The molecule has 0 unspecified atom stereocenters. The zero-order valence-corrected chi connectivity index (χ0v) is 11.7. The Morgan fingerprint density at radius 1 is 1.39 bits per heavy atom.